The van der Waals surface area contributed by atoms with Gasteiger partial charge in [0.15, 0.2) is 6.10 Å². The molecule has 7 heteroatoms. The Hall–Kier alpha value is -1.79. The second kappa shape index (κ2) is 6.11. The average Bonchev–Trinajstić information content (AvgIpc) is 2.88. The smallest absolute Gasteiger partial charge is 0.332 e. The minimum absolute atomic E-state index is 0.0743. The van der Waals surface area contributed by atoms with Gasteiger partial charge in [-0.05, 0) is 31.0 Å². The fourth-order valence-corrected chi connectivity index (χ4v) is 2.20. The molecule has 1 fully saturated rings. The van der Waals surface area contributed by atoms with Crippen LogP contribution in [-0.2, 0) is 9.53 Å². The third kappa shape index (κ3) is 3.40. The number of aromatic hydroxyl groups is 1. The molecule has 3 N–H and O–H groups in total. The van der Waals surface area contributed by atoms with E-state index in [1.807, 2.05) is 0 Å². The minimum Gasteiger partial charge on any atom is -0.507 e. The normalized spacial score (nSPS) is 21.6. The lowest BCUT2D eigenvalue weighted by Gasteiger charge is -2.13. The van der Waals surface area contributed by atoms with Crippen LogP contribution in [0.1, 0.15) is 23.2 Å². The molecule has 1 aromatic rings. The summed E-state index contributed by atoms with van der Waals surface area (Å²) in [5.41, 5.74) is 0.0743. The summed E-state index contributed by atoms with van der Waals surface area (Å²) in [5.74, 6) is -1.64. The van der Waals surface area contributed by atoms with Crippen molar-refractivity contribution in [2.45, 2.75) is 25.0 Å². The Morgan fingerprint density at radius 1 is 1.40 bits per heavy atom. The van der Waals surface area contributed by atoms with E-state index in [4.69, 9.17) is 21.4 Å². The molecule has 1 aromatic carbocycles. The van der Waals surface area contributed by atoms with Gasteiger partial charge in [0.05, 0.1) is 11.7 Å². The summed E-state index contributed by atoms with van der Waals surface area (Å²) >= 11 is 5.76. The van der Waals surface area contributed by atoms with E-state index in [1.54, 1.807) is 0 Å². The van der Waals surface area contributed by atoms with Crippen molar-refractivity contribution in [1.82, 2.24) is 5.32 Å². The molecule has 2 atom stereocenters. The van der Waals surface area contributed by atoms with E-state index in [0.717, 1.165) is 0 Å². The van der Waals surface area contributed by atoms with E-state index in [1.165, 1.54) is 18.2 Å². The Morgan fingerprint density at radius 3 is 2.80 bits per heavy atom. The van der Waals surface area contributed by atoms with Crippen LogP contribution in [0, 0.1) is 0 Å². The van der Waals surface area contributed by atoms with Crippen LogP contribution in [0.5, 0.6) is 5.75 Å². The van der Waals surface area contributed by atoms with Crippen molar-refractivity contribution in [1.29, 1.82) is 0 Å². The molecule has 0 saturated carbocycles. The summed E-state index contributed by atoms with van der Waals surface area (Å²) in [6.07, 6.45) is -0.144. The third-order valence-electron chi connectivity index (χ3n) is 3.08. The van der Waals surface area contributed by atoms with Gasteiger partial charge in [0.2, 0.25) is 0 Å². The van der Waals surface area contributed by atoms with Gasteiger partial charge in [-0.2, -0.15) is 0 Å². The zero-order valence-electron chi connectivity index (χ0n) is 10.5. The number of carboxylic acids is 1. The van der Waals surface area contributed by atoms with Crippen molar-refractivity contribution in [3.63, 3.8) is 0 Å². The van der Waals surface area contributed by atoms with Gasteiger partial charge in [-0.1, -0.05) is 11.6 Å². The second-order valence-corrected chi connectivity index (χ2v) is 4.97. The summed E-state index contributed by atoms with van der Waals surface area (Å²) in [6.45, 7) is 0.189. The molecule has 1 amide bonds. The molecule has 1 saturated heterocycles. The lowest BCUT2D eigenvalue weighted by Crippen LogP contribution is -2.33. The Morgan fingerprint density at radius 2 is 2.15 bits per heavy atom. The Bertz CT molecular complexity index is 533. The fraction of sp³-hybridized carbons (Fsp3) is 0.385. The van der Waals surface area contributed by atoms with Crippen LogP contribution < -0.4 is 5.32 Å². The third-order valence-corrected chi connectivity index (χ3v) is 3.31. The van der Waals surface area contributed by atoms with Crippen molar-refractivity contribution in [2.24, 2.45) is 0 Å². The van der Waals surface area contributed by atoms with E-state index in [-0.39, 0.29) is 24.0 Å². The maximum Gasteiger partial charge on any atom is 0.332 e. The molecular weight excluding hydrogens is 286 g/mol. The summed E-state index contributed by atoms with van der Waals surface area (Å²) < 4.78 is 5.26. The number of ether oxygens (including phenoxy) is 1. The van der Waals surface area contributed by atoms with E-state index >= 15 is 0 Å². The van der Waals surface area contributed by atoms with Gasteiger partial charge in [-0.25, -0.2) is 4.79 Å². The number of benzene rings is 1. The Balaban J connectivity index is 1.90. The highest BCUT2D eigenvalue weighted by molar-refractivity contribution is 6.31. The molecule has 0 radical (unpaired) electrons. The lowest BCUT2D eigenvalue weighted by molar-refractivity contribution is -0.149. The molecule has 2 rings (SSSR count). The first-order valence-corrected chi connectivity index (χ1v) is 6.50. The monoisotopic (exact) mass is 299 g/mol. The second-order valence-electron chi connectivity index (χ2n) is 4.53. The zero-order valence-corrected chi connectivity index (χ0v) is 11.3. The number of aliphatic carboxylic acids is 1. The van der Waals surface area contributed by atoms with Crippen LogP contribution in [0.15, 0.2) is 18.2 Å². The molecule has 1 heterocycles. The number of phenolic OH excluding ortho intramolecular Hbond substituents is 1. The van der Waals surface area contributed by atoms with Gasteiger partial charge >= 0.3 is 5.97 Å². The quantitative estimate of drug-likeness (QED) is 0.781. The molecule has 1 aliphatic rings. The molecule has 0 spiro atoms. The highest BCUT2D eigenvalue weighted by atomic mass is 35.5. The van der Waals surface area contributed by atoms with Crippen molar-refractivity contribution in [3.8, 4) is 5.75 Å². The maximum atomic E-state index is 11.9. The summed E-state index contributed by atoms with van der Waals surface area (Å²) in [4.78, 5) is 22.6. The molecule has 0 aromatic heterocycles. The van der Waals surface area contributed by atoms with Crippen molar-refractivity contribution >= 4 is 23.5 Å². The van der Waals surface area contributed by atoms with Crippen LogP contribution in [0.25, 0.3) is 0 Å². The predicted molar refractivity (Wildman–Crippen MR) is 71.0 cm³/mol. The minimum atomic E-state index is -0.994. The number of amides is 1. The first-order valence-electron chi connectivity index (χ1n) is 6.12. The van der Waals surface area contributed by atoms with E-state index in [0.29, 0.717) is 17.9 Å². The largest absolute Gasteiger partial charge is 0.507 e. The highest BCUT2D eigenvalue weighted by Crippen LogP contribution is 2.22. The van der Waals surface area contributed by atoms with Gasteiger partial charge in [0.1, 0.15) is 5.75 Å². The number of hydrogen-bond acceptors (Lipinski definition) is 4. The molecule has 0 bridgehead atoms. The van der Waals surface area contributed by atoms with Crippen LogP contribution >= 0.6 is 11.6 Å². The zero-order chi connectivity index (χ0) is 14.7. The molecule has 6 nitrogen and oxygen atoms in total. The van der Waals surface area contributed by atoms with Crippen molar-refractivity contribution < 1.29 is 24.5 Å². The van der Waals surface area contributed by atoms with E-state index < -0.39 is 18.0 Å². The number of carboxylic acid groups (broad SMARTS) is 1. The summed E-state index contributed by atoms with van der Waals surface area (Å²) in [7, 11) is 0. The molecule has 108 valence electrons. The first kappa shape index (κ1) is 14.6. The Kier molecular flexibility index (Phi) is 4.46. The van der Waals surface area contributed by atoms with Crippen LogP contribution in [-0.4, -0.2) is 40.8 Å². The summed E-state index contributed by atoms with van der Waals surface area (Å²) in [6, 6.07) is 4.18. The average molecular weight is 300 g/mol. The summed E-state index contributed by atoms with van der Waals surface area (Å²) in [5, 5.41) is 21.3. The topological polar surface area (TPSA) is 95.9 Å². The lowest BCUT2D eigenvalue weighted by atomic mass is 10.1. The van der Waals surface area contributed by atoms with Crippen molar-refractivity contribution in [2.75, 3.05) is 6.54 Å². The van der Waals surface area contributed by atoms with Crippen LogP contribution in [0.3, 0.4) is 0 Å². The number of hydrogen-bond donors (Lipinski definition) is 3. The molecular formula is C13H14ClNO5. The molecule has 2 unspecified atom stereocenters. The van der Waals surface area contributed by atoms with Crippen LogP contribution in [0.2, 0.25) is 5.02 Å². The van der Waals surface area contributed by atoms with E-state index in [9.17, 15) is 14.7 Å². The van der Waals surface area contributed by atoms with E-state index in [2.05, 4.69) is 5.32 Å². The predicted octanol–water partition coefficient (Wildman–Crippen LogP) is 1.41. The van der Waals surface area contributed by atoms with Gasteiger partial charge in [0, 0.05) is 11.6 Å². The standard InChI is InChI=1S/C13H14ClNO5/c14-7-1-3-10(16)9(5-7)12(17)15-6-8-2-4-11(20-8)13(18)19/h1,3,5,8,11,16H,2,4,6H2,(H,15,17)(H,18,19). The maximum absolute atomic E-state index is 11.9. The molecule has 1 aliphatic heterocycles. The first-order chi connectivity index (χ1) is 9.47. The van der Waals surface area contributed by atoms with Crippen molar-refractivity contribution in [3.05, 3.63) is 28.8 Å². The SMILES string of the molecule is O=C(NCC1CCC(C(=O)O)O1)c1cc(Cl)ccc1O. The Labute approximate surface area is 120 Å². The number of phenols is 1. The molecule has 20 heavy (non-hydrogen) atoms. The van der Waals surface area contributed by atoms with Gasteiger partial charge < -0.3 is 20.3 Å². The highest BCUT2D eigenvalue weighted by Gasteiger charge is 2.30. The van der Waals surface area contributed by atoms with Crippen LogP contribution in [0.4, 0.5) is 0 Å². The van der Waals surface area contributed by atoms with Gasteiger partial charge in [-0.15, -0.1) is 0 Å². The number of rotatable bonds is 4. The van der Waals surface area contributed by atoms with Gasteiger partial charge in [0.25, 0.3) is 5.91 Å². The van der Waals surface area contributed by atoms with Gasteiger partial charge in [-0.3, -0.25) is 4.79 Å². The number of carbonyl (C=O) groups is 2. The number of nitrogens with one attached hydrogen (secondary N) is 1. The fourth-order valence-electron chi connectivity index (χ4n) is 2.03. The number of halogens is 1. The number of carbonyl (C=O) groups excluding carboxylic acids is 1. The molecule has 0 aliphatic carbocycles.